The first-order valence-corrected chi connectivity index (χ1v) is 11.6. The molecule has 0 unspecified atom stereocenters. The number of rotatable bonds is 8. The third-order valence-electron chi connectivity index (χ3n) is 6.27. The van der Waals surface area contributed by atoms with Gasteiger partial charge in [0, 0.05) is 38.3 Å². The fourth-order valence-electron chi connectivity index (χ4n) is 4.51. The number of benzene rings is 1. The largest absolute Gasteiger partial charge is 0.441 e. The van der Waals surface area contributed by atoms with Gasteiger partial charge in [-0.05, 0) is 49.6 Å². The van der Waals surface area contributed by atoms with Crippen LogP contribution in [0.15, 0.2) is 53.2 Å². The van der Waals surface area contributed by atoms with Crippen LogP contribution < -0.4 is 20.3 Å². The number of imide groups is 2. The van der Waals surface area contributed by atoms with E-state index >= 15 is 0 Å². The molecule has 36 heavy (non-hydrogen) atoms. The van der Waals surface area contributed by atoms with E-state index in [0.29, 0.717) is 49.2 Å². The third kappa shape index (κ3) is 4.40. The molecule has 2 aliphatic rings. The highest BCUT2D eigenvalue weighted by Crippen LogP contribution is 2.36. The van der Waals surface area contributed by atoms with E-state index < -0.39 is 23.4 Å². The second kappa shape index (κ2) is 9.78. The monoisotopic (exact) mass is 491 g/mol. The zero-order valence-electron chi connectivity index (χ0n) is 19.7. The van der Waals surface area contributed by atoms with E-state index in [9.17, 15) is 14.4 Å². The predicted molar refractivity (Wildman–Crippen MR) is 127 cm³/mol. The maximum atomic E-state index is 12.6. The molecule has 0 bridgehead atoms. The van der Waals surface area contributed by atoms with Gasteiger partial charge in [0.2, 0.25) is 11.8 Å². The first kappa shape index (κ1) is 23.5. The summed E-state index contributed by atoms with van der Waals surface area (Å²) in [6.07, 6.45) is 5.83. The molecule has 3 aromatic rings. The van der Waals surface area contributed by atoms with Crippen LogP contribution in [0.2, 0.25) is 0 Å². The fraction of sp³-hybridized carbons (Fsp3) is 0.320. The lowest BCUT2D eigenvalue weighted by molar-refractivity contribution is -0.137. The van der Waals surface area contributed by atoms with E-state index in [-0.39, 0.29) is 0 Å². The number of nitrogens with one attached hydrogen (secondary N) is 2. The van der Waals surface area contributed by atoms with Crippen molar-refractivity contribution in [3.63, 3.8) is 0 Å². The van der Waals surface area contributed by atoms with Crippen molar-refractivity contribution in [3.05, 3.63) is 54.6 Å². The third-order valence-corrected chi connectivity index (χ3v) is 6.27. The zero-order chi connectivity index (χ0) is 25.1. The Labute approximate surface area is 206 Å². The van der Waals surface area contributed by atoms with E-state index in [1.54, 1.807) is 48.7 Å². The number of anilines is 1. The van der Waals surface area contributed by atoms with Gasteiger partial charge >= 0.3 is 6.03 Å². The van der Waals surface area contributed by atoms with Gasteiger partial charge in [0.1, 0.15) is 11.5 Å². The van der Waals surface area contributed by atoms with Crippen LogP contribution in [0.25, 0.3) is 11.5 Å². The molecule has 186 valence electrons. The van der Waals surface area contributed by atoms with Gasteiger partial charge in [0.15, 0.2) is 5.54 Å². The minimum absolute atomic E-state index is 0.307. The molecular weight excluding hydrogens is 466 g/mol. The van der Waals surface area contributed by atoms with Crippen LogP contribution in [0.3, 0.4) is 0 Å². The van der Waals surface area contributed by atoms with Crippen molar-refractivity contribution in [1.29, 1.82) is 0 Å². The number of nitrogens with zero attached hydrogens (tertiary/aromatic N) is 3. The van der Waals surface area contributed by atoms with Crippen LogP contribution in [0, 0.1) is 0 Å². The Kier molecular flexibility index (Phi) is 6.38. The highest BCUT2D eigenvalue weighted by Gasteiger charge is 2.57. The van der Waals surface area contributed by atoms with Gasteiger partial charge in [0.25, 0.3) is 11.8 Å². The number of oxazole rings is 1. The van der Waals surface area contributed by atoms with Crippen LogP contribution in [0.4, 0.5) is 10.5 Å². The van der Waals surface area contributed by atoms with Crippen LogP contribution in [0.1, 0.15) is 25.0 Å². The van der Waals surface area contributed by atoms with Crippen molar-refractivity contribution in [2.75, 3.05) is 25.2 Å². The predicted octanol–water partition coefficient (Wildman–Crippen LogP) is 2.81. The average molecular weight is 492 g/mol. The van der Waals surface area contributed by atoms with Crippen molar-refractivity contribution >= 4 is 23.5 Å². The second-order valence-corrected chi connectivity index (χ2v) is 8.56. The number of ether oxygens (including phenoxy) is 2. The topological polar surface area (TPSA) is 136 Å². The molecule has 0 atom stereocenters. The summed E-state index contributed by atoms with van der Waals surface area (Å²) in [6.45, 7) is 1.15. The average Bonchev–Trinajstić information content (AvgIpc) is 3.53. The first-order valence-electron chi connectivity index (χ1n) is 11.6. The van der Waals surface area contributed by atoms with Gasteiger partial charge in [-0.1, -0.05) is 0 Å². The molecular formula is C25H25N5O6. The molecule has 4 amide bonds. The molecule has 1 aromatic carbocycles. The minimum Gasteiger partial charge on any atom is -0.441 e. The summed E-state index contributed by atoms with van der Waals surface area (Å²) in [5.41, 5.74) is -0.0531. The number of aromatic nitrogens is 2. The molecule has 11 heteroatoms. The number of hydrogen-bond donors (Lipinski definition) is 2. The molecule has 2 fully saturated rings. The van der Waals surface area contributed by atoms with E-state index in [1.807, 2.05) is 12.1 Å². The summed E-state index contributed by atoms with van der Waals surface area (Å²) in [6, 6.07) is 9.89. The zero-order valence-corrected chi connectivity index (χ0v) is 19.7. The first-order chi connectivity index (χ1) is 17.5. The van der Waals surface area contributed by atoms with Gasteiger partial charge in [0.05, 0.1) is 18.1 Å². The number of pyridine rings is 1. The Bertz CT molecular complexity index is 1250. The summed E-state index contributed by atoms with van der Waals surface area (Å²) >= 11 is 0. The molecule has 4 heterocycles. The standard InChI is InChI=1S/C25H25N5O6/c1-34-13-2-4-19-15-27-21(36-19)16-5-8-18(9-6-16)35-20-10-7-17(14-26-20)30-12-3-11-25(30)22(31)28-24(33)29-23(25)32/h5-10,14-15H,2-4,11-13H2,1H3,(H2,28,29,31,32,33). The molecule has 0 aliphatic carbocycles. The summed E-state index contributed by atoms with van der Waals surface area (Å²) in [4.78, 5) is 47.1. The second-order valence-electron chi connectivity index (χ2n) is 8.56. The van der Waals surface area contributed by atoms with E-state index in [1.165, 1.54) is 0 Å². The van der Waals surface area contributed by atoms with Crippen LogP contribution in [0.5, 0.6) is 11.6 Å². The Morgan fingerprint density at radius 1 is 1.03 bits per heavy atom. The highest BCUT2D eigenvalue weighted by atomic mass is 16.5. The summed E-state index contributed by atoms with van der Waals surface area (Å²) in [5.74, 6) is 1.02. The van der Waals surface area contributed by atoms with Crippen molar-refractivity contribution in [1.82, 2.24) is 20.6 Å². The number of carbonyl (C=O) groups is 3. The normalized spacial score (nSPS) is 16.8. The van der Waals surface area contributed by atoms with Gasteiger partial charge < -0.3 is 18.8 Å². The van der Waals surface area contributed by atoms with Crippen molar-refractivity contribution < 1.29 is 28.3 Å². The summed E-state index contributed by atoms with van der Waals surface area (Å²) in [7, 11) is 1.67. The molecule has 0 radical (unpaired) electrons. The van der Waals surface area contributed by atoms with Crippen LogP contribution in [-0.4, -0.2) is 53.6 Å². The van der Waals surface area contributed by atoms with Crippen LogP contribution >= 0.6 is 0 Å². The fourth-order valence-corrected chi connectivity index (χ4v) is 4.51. The number of amides is 4. The number of barbiturate groups is 1. The van der Waals surface area contributed by atoms with Crippen molar-refractivity contribution in [3.8, 4) is 23.1 Å². The maximum absolute atomic E-state index is 12.6. The molecule has 5 rings (SSSR count). The number of methoxy groups -OCH3 is 1. The molecule has 1 spiro atoms. The lowest BCUT2D eigenvalue weighted by Gasteiger charge is -2.38. The van der Waals surface area contributed by atoms with Crippen LogP contribution in [-0.2, 0) is 20.7 Å². The molecule has 11 nitrogen and oxygen atoms in total. The smallest absolute Gasteiger partial charge is 0.328 e. The minimum atomic E-state index is -1.46. The SMILES string of the molecule is COCCCc1cnc(-c2ccc(Oc3ccc(N4CCCC45C(=O)NC(=O)NC5=O)cn3)cc2)o1. The number of carbonyl (C=O) groups excluding carboxylic acids is 3. The summed E-state index contributed by atoms with van der Waals surface area (Å²) < 4.78 is 16.7. The Hall–Kier alpha value is -4.25. The molecule has 2 aromatic heterocycles. The maximum Gasteiger partial charge on any atom is 0.328 e. The lowest BCUT2D eigenvalue weighted by Crippen LogP contribution is -2.71. The van der Waals surface area contributed by atoms with Crippen molar-refractivity contribution in [2.45, 2.75) is 31.2 Å². The van der Waals surface area contributed by atoms with E-state index in [0.717, 1.165) is 24.2 Å². The van der Waals surface area contributed by atoms with Gasteiger partial charge in [-0.2, -0.15) is 0 Å². The number of aryl methyl sites for hydroxylation is 1. The van der Waals surface area contributed by atoms with Gasteiger partial charge in [-0.15, -0.1) is 0 Å². The molecule has 0 saturated carbocycles. The number of hydrogen-bond acceptors (Lipinski definition) is 9. The Balaban J connectivity index is 1.25. The lowest BCUT2D eigenvalue weighted by atomic mass is 9.92. The molecule has 2 saturated heterocycles. The van der Waals surface area contributed by atoms with E-state index in [2.05, 4.69) is 20.6 Å². The Morgan fingerprint density at radius 2 is 1.81 bits per heavy atom. The number of urea groups is 1. The van der Waals surface area contributed by atoms with Gasteiger partial charge in [-0.3, -0.25) is 20.2 Å². The van der Waals surface area contributed by atoms with Crippen molar-refractivity contribution in [2.24, 2.45) is 0 Å². The van der Waals surface area contributed by atoms with E-state index in [4.69, 9.17) is 13.9 Å². The molecule has 2 N–H and O–H groups in total. The highest BCUT2D eigenvalue weighted by molar-refractivity contribution is 6.24. The summed E-state index contributed by atoms with van der Waals surface area (Å²) in [5, 5.41) is 4.40. The van der Waals surface area contributed by atoms with Gasteiger partial charge in [-0.25, -0.2) is 14.8 Å². The Morgan fingerprint density at radius 3 is 2.50 bits per heavy atom. The molecule has 2 aliphatic heterocycles. The quantitative estimate of drug-likeness (QED) is 0.360.